The van der Waals surface area contributed by atoms with Gasteiger partial charge in [-0.05, 0) is 29.6 Å². The highest BCUT2D eigenvalue weighted by molar-refractivity contribution is 7.12. The van der Waals surface area contributed by atoms with Crippen molar-refractivity contribution in [3.8, 4) is 0 Å². The van der Waals surface area contributed by atoms with Crippen molar-refractivity contribution in [3.05, 3.63) is 52.5 Å². The quantitative estimate of drug-likeness (QED) is 0.861. The summed E-state index contributed by atoms with van der Waals surface area (Å²) in [7, 11) is 0. The lowest BCUT2D eigenvalue weighted by molar-refractivity contribution is -0.895. The molecule has 1 aliphatic heterocycles. The summed E-state index contributed by atoms with van der Waals surface area (Å²) in [5.41, 5.74) is 0.464. The van der Waals surface area contributed by atoms with Crippen LogP contribution in [0.4, 0.5) is 10.1 Å². The molecule has 0 spiro atoms. The minimum absolute atomic E-state index is 0.0632. The Balaban J connectivity index is 1.47. The second kappa shape index (κ2) is 7.55. The van der Waals surface area contributed by atoms with Gasteiger partial charge in [0.05, 0.1) is 31.1 Å². The predicted molar refractivity (Wildman–Crippen MR) is 90.8 cm³/mol. The third-order valence-electron chi connectivity index (χ3n) is 4.01. The van der Waals surface area contributed by atoms with Crippen LogP contribution in [0.15, 0.2) is 41.8 Å². The second-order valence-corrected chi connectivity index (χ2v) is 6.70. The lowest BCUT2D eigenvalue weighted by Crippen LogP contribution is -3.15. The van der Waals surface area contributed by atoms with Crippen LogP contribution in [-0.2, 0) is 4.79 Å². The summed E-state index contributed by atoms with van der Waals surface area (Å²) >= 11 is 1.45. The number of hydrogen-bond donors (Lipinski definition) is 2. The first-order chi connectivity index (χ1) is 11.6. The zero-order valence-corrected chi connectivity index (χ0v) is 13.9. The van der Waals surface area contributed by atoms with E-state index in [0.717, 1.165) is 22.9 Å². The van der Waals surface area contributed by atoms with Gasteiger partial charge < -0.3 is 15.1 Å². The van der Waals surface area contributed by atoms with Gasteiger partial charge in [-0.25, -0.2) is 4.39 Å². The van der Waals surface area contributed by atoms with Crippen molar-refractivity contribution in [2.45, 2.75) is 0 Å². The number of hydrogen-bond acceptors (Lipinski definition) is 3. The van der Waals surface area contributed by atoms with Gasteiger partial charge in [-0.1, -0.05) is 12.1 Å². The summed E-state index contributed by atoms with van der Waals surface area (Å²) in [6, 6.07) is 9.56. The van der Waals surface area contributed by atoms with E-state index in [1.807, 2.05) is 22.4 Å². The zero-order valence-electron chi connectivity index (χ0n) is 13.1. The number of piperazine rings is 1. The van der Waals surface area contributed by atoms with Gasteiger partial charge in [-0.15, -0.1) is 11.3 Å². The van der Waals surface area contributed by atoms with Crippen molar-refractivity contribution >= 4 is 28.8 Å². The van der Waals surface area contributed by atoms with E-state index in [1.165, 1.54) is 23.5 Å². The number of carbonyl (C=O) groups excluding carboxylic acids is 2. The molecular weight excluding hydrogens is 329 g/mol. The molecule has 1 aromatic heterocycles. The number of anilines is 1. The second-order valence-electron chi connectivity index (χ2n) is 5.75. The van der Waals surface area contributed by atoms with Gasteiger partial charge in [-0.3, -0.25) is 9.59 Å². The molecule has 1 saturated heterocycles. The summed E-state index contributed by atoms with van der Waals surface area (Å²) in [4.78, 5) is 28.0. The molecule has 2 N–H and O–H groups in total. The molecule has 1 aromatic carbocycles. The number of nitrogens with zero attached hydrogens (tertiary/aromatic N) is 1. The molecule has 0 unspecified atom stereocenters. The summed E-state index contributed by atoms with van der Waals surface area (Å²) in [6.07, 6.45) is 0. The van der Waals surface area contributed by atoms with Gasteiger partial charge in [0.25, 0.3) is 11.8 Å². The van der Waals surface area contributed by atoms with Crippen molar-refractivity contribution in [3.63, 3.8) is 0 Å². The summed E-state index contributed by atoms with van der Waals surface area (Å²) in [6.45, 7) is 3.05. The van der Waals surface area contributed by atoms with Crippen molar-refractivity contribution in [1.82, 2.24) is 4.90 Å². The van der Waals surface area contributed by atoms with E-state index in [9.17, 15) is 14.0 Å². The van der Waals surface area contributed by atoms with Crippen LogP contribution in [0.5, 0.6) is 0 Å². The van der Waals surface area contributed by atoms with E-state index in [4.69, 9.17) is 0 Å². The molecule has 2 amide bonds. The Morgan fingerprint density at radius 2 is 2.00 bits per heavy atom. The highest BCUT2D eigenvalue weighted by Gasteiger charge is 2.26. The summed E-state index contributed by atoms with van der Waals surface area (Å²) < 4.78 is 13.1. The van der Waals surface area contributed by atoms with E-state index >= 15 is 0 Å². The van der Waals surface area contributed by atoms with Crippen LogP contribution in [0.2, 0.25) is 0 Å². The topological polar surface area (TPSA) is 53.9 Å². The largest absolute Gasteiger partial charge is 0.327 e. The first-order valence-corrected chi connectivity index (χ1v) is 8.71. The van der Waals surface area contributed by atoms with E-state index in [-0.39, 0.29) is 17.6 Å². The average Bonchev–Trinajstić information content (AvgIpc) is 3.09. The Hall–Kier alpha value is -2.25. The number of carbonyl (C=O) groups is 2. The number of halogens is 1. The summed E-state index contributed by atoms with van der Waals surface area (Å²) in [5, 5.41) is 4.60. The third kappa shape index (κ3) is 4.18. The first kappa shape index (κ1) is 16.6. The summed E-state index contributed by atoms with van der Waals surface area (Å²) in [5.74, 6) is -0.456. The molecule has 24 heavy (non-hydrogen) atoms. The van der Waals surface area contributed by atoms with E-state index < -0.39 is 0 Å². The average molecular weight is 348 g/mol. The van der Waals surface area contributed by atoms with Crippen LogP contribution >= 0.6 is 11.3 Å². The number of benzene rings is 1. The van der Waals surface area contributed by atoms with Gasteiger partial charge in [0.2, 0.25) is 0 Å². The maximum Gasteiger partial charge on any atom is 0.279 e. The van der Waals surface area contributed by atoms with Gasteiger partial charge in [0.15, 0.2) is 6.54 Å². The fraction of sp³-hybridized carbons (Fsp3) is 0.294. The standard InChI is InChI=1S/C17H18FN3O2S/c18-13-3-1-4-14(11-13)19-16(22)12-20-6-8-21(9-7-20)17(23)15-5-2-10-24-15/h1-5,10-11H,6-9,12H2,(H,19,22)/p+1. The number of thiophene rings is 1. The molecule has 126 valence electrons. The van der Waals surface area contributed by atoms with Gasteiger partial charge in [-0.2, -0.15) is 0 Å². The number of amides is 2. The van der Waals surface area contributed by atoms with Crippen molar-refractivity contribution in [2.24, 2.45) is 0 Å². The molecule has 2 aromatic rings. The van der Waals surface area contributed by atoms with Crippen LogP contribution in [0, 0.1) is 5.82 Å². The van der Waals surface area contributed by atoms with E-state index in [0.29, 0.717) is 25.3 Å². The van der Waals surface area contributed by atoms with Crippen LogP contribution in [0.1, 0.15) is 9.67 Å². The molecule has 0 radical (unpaired) electrons. The smallest absolute Gasteiger partial charge is 0.279 e. The van der Waals surface area contributed by atoms with Crippen molar-refractivity contribution in [1.29, 1.82) is 0 Å². The first-order valence-electron chi connectivity index (χ1n) is 7.83. The van der Waals surface area contributed by atoms with E-state index in [1.54, 1.807) is 12.1 Å². The Morgan fingerprint density at radius 3 is 2.67 bits per heavy atom. The monoisotopic (exact) mass is 348 g/mol. The van der Waals surface area contributed by atoms with Gasteiger partial charge >= 0.3 is 0 Å². The highest BCUT2D eigenvalue weighted by Crippen LogP contribution is 2.12. The van der Waals surface area contributed by atoms with Crippen molar-refractivity contribution < 1.29 is 18.9 Å². The Morgan fingerprint density at radius 1 is 1.21 bits per heavy atom. The predicted octanol–water partition coefficient (Wildman–Crippen LogP) is 0.867. The molecule has 7 heteroatoms. The number of nitrogens with one attached hydrogen (secondary N) is 2. The lowest BCUT2D eigenvalue weighted by atomic mass is 10.2. The van der Waals surface area contributed by atoms with Gasteiger partial charge in [0.1, 0.15) is 5.82 Å². The Bertz CT molecular complexity index is 712. The fourth-order valence-electron chi connectivity index (χ4n) is 2.76. The zero-order chi connectivity index (χ0) is 16.9. The maximum absolute atomic E-state index is 13.1. The van der Waals surface area contributed by atoms with Crippen LogP contribution in [0.3, 0.4) is 0 Å². The molecular formula is C17H19FN3O2S+. The van der Waals surface area contributed by atoms with Crippen LogP contribution in [0.25, 0.3) is 0 Å². The highest BCUT2D eigenvalue weighted by atomic mass is 32.1. The molecule has 3 rings (SSSR count). The maximum atomic E-state index is 13.1. The van der Waals surface area contributed by atoms with Crippen LogP contribution < -0.4 is 10.2 Å². The van der Waals surface area contributed by atoms with E-state index in [2.05, 4.69) is 5.32 Å². The Labute approximate surface area is 143 Å². The normalized spacial score (nSPS) is 15.3. The Kier molecular flexibility index (Phi) is 5.22. The molecule has 0 atom stereocenters. The number of quaternary nitrogens is 1. The molecule has 0 saturated carbocycles. The van der Waals surface area contributed by atoms with Crippen molar-refractivity contribution in [2.75, 3.05) is 38.0 Å². The number of rotatable bonds is 4. The third-order valence-corrected chi connectivity index (χ3v) is 4.87. The molecule has 0 bridgehead atoms. The molecule has 2 heterocycles. The van der Waals surface area contributed by atoms with Crippen LogP contribution in [-0.4, -0.2) is 49.4 Å². The fourth-order valence-corrected chi connectivity index (χ4v) is 3.45. The molecule has 1 fully saturated rings. The minimum Gasteiger partial charge on any atom is -0.327 e. The van der Waals surface area contributed by atoms with Gasteiger partial charge in [0, 0.05) is 5.69 Å². The lowest BCUT2D eigenvalue weighted by Gasteiger charge is -2.31. The SMILES string of the molecule is O=C(C[NH+]1CCN(C(=O)c2cccs2)CC1)Nc1cccc(F)c1. The molecule has 5 nitrogen and oxygen atoms in total. The minimum atomic E-state index is -0.374. The molecule has 1 aliphatic rings. The molecule has 0 aliphatic carbocycles.